The fourth-order valence-electron chi connectivity index (χ4n) is 2.98. The van der Waals surface area contributed by atoms with Gasteiger partial charge in [-0.1, -0.05) is 41.4 Å². The number of amides is 1. The van der Waals surface area contributed by atoms with Crippen molar-refractivity contribution in [3.63, 3.8) is 0 Å². The van der Waals surface area contributed by atoms with E-state index in [9.17, 15) is 18.0 Å². The van der Waals surface area contributed by atoms with Gasteiger partial charge in [0.05, 0.1) is 20.5 Å². The van der Waals surface area contributed by atoms with Gasteiger partial charge >= 0.3 is 0 Å². The lowest BCUT2D eigenvalue weighted by atomic mass is 10.2. The number of carbonyl (C=O) groups is 2. The second-order valence-corrected chi connectivity index (χ2v) is 9.10. The number of hydrogen-bond acceptors (Lipinski definition) is 4. The first-order valence-electron chi connectivity index (χ1n) is 8.56. The number of halogens is 2. The summed E-state index contributed by atoms with van der Waals surface area (Å²) in [7, 11) is -3.70. The van der Waals surface area contributed by atoms with Crippen molar-refractivity contribution in [2.45, 2.75) is 11.8 Å². The quantitative estimate of drug-likeness (QED) is 0.683. The molecule has 3 rings (SSSR count). The molecule has 2 aromatic rings. The van der Waals surface area contributed by atoms with Crippen LogP contribution in [-0.4, -0.2) is 55.5 Å². The SMILES string of the molecule is CC(=O)c1ccc(S(=O)(=O)N2CCN(C(=O)c3cccc(Cl)c3Cl)CC2)cc1. The Morgan fingerprint density at radius 3 is 2.11 bits per heavy atom. The van der Waals surface area contributed by atoms with E-state index in [0.717, 1.165) is 0 Å². The van der Waals surface area contributed by atoms with Crippen LogP contribution in [0.3, 0.4) is 0 Å². The summed E-state index contributed by atoms with van der Waals surface area (Å²) in [5.41, 5.74) is 0.748. The van der Waals surface area contributed by atoms with E-state index in [2.05, 4.69) is 0 Å². The van der Waals surface area contributed by atoms with Crippen molar-refractivity contribution in [2.75, 3.05) is 26.2 Å². The average Bonchev–Trinajstić information content (AvgIpc) is 2.69. The normalized spacial score (nSPS) is 15.5. The Bertz CT molecular complexity index is 1010. The Hall–Kier alpha value is -1.93. The van der Waals surface area contributed by atoms with Gasteiger partial charge in [0.15, 0.2) is 5.78 Å². The zero-order valence-corrected chi connectivity index (χ0v) is 17.4. The lowest BCUT2D eigenvalue weighted by Crippen LogP contribution is -2.50. The second-order valence-electron chi connectivity index (χ2n) is 6.38. The molecule has 0 saturated carbocycles. The molecule has 1 aliphatic heterocycles. The Balaban J connectivity index is 1.71. The van der Waals surface area contributed by atoms with Crippen molar-refractivity contribution in [3.8, 4) is 0 Å². The van der Waals surface area contributed by atoms with Crippen LogP contribution < -0.4 is 0 Å². The van der Waals surface area contributed by atoms with E-state index in [1.165, 1.54) is 35.5 Å². The highest BCUT2D eigenvalue weighted by atomic mass is 35.5. The summed E-state index contributed by atoms with van der Waals surface area (Å²) < 4.78 is 27.0. The first-order valence-corrected chi connectivity index (χ1v) is 10.8. The summed E-state index contributed by atoms with van der Waals surface area (Å²) in [6.07, 6.45) is 0. The monoisotopic (exact) mass is 440 g/mol. The van der Waals surface area contributed by atoms with Gasteiger partial charge < -0.3 is 4.90 Å². The van der Waals surface area contributed by atoms with Gasteiger partial charge in [-0.05, 0) is 31.2 Å². The molecule has 1 fully saturated rings. The number of nitrogens with zero attached hydrogens (tertiary/aromatic N) is 2. The number of ketones is 1. The number of hydrogen-bond donors (Lipinski definition) is 0. The van der Waals surface area contributed by atoms with Gasteiger partial charge in [-0.3, -0.25) is 9.59 Å². The number of benzene rings is 2. The molecular formula is C19H18Cl2N2O4S. The smallest absolute Gasteiger partial charge is 0.255 e. The number of sulfonamides is 1. The fraction of sp³-hybridized carbons (Fsp3) is 0.263. The van der Waals surface area contributed by atoms with Crippen molar-refractivity contribution >= 4 is 44.9 Å². The summed E-state index contributed by atoms with van der Waals surface area (Å²) in [5.74, 6) is -0.411. The standard InChI is InChI=1S/C19H18Cl2N2O4S/c1-13(24)14-5-7-15(8-6-14)28(26,27)23-11-9-22(10-12-23)19(25)16-3-2-4-17(20)18(16)21/h2-8H,9-12H2,1H3. The predicted octanol–water partition coefficient (Wildman–Crippen LogP) is 3.34. The summed E-state index contributed by atoms with van der Waals surface area (Å²) in [5, 5.41) is 0.484. The molecule has 9 heteroatoms. The van der Waals surface area contributed by atoms with Gasteiger partial charge in [-0.25, -0.2) is 8.42 Å². The van der Waals surface area contributed by atoms with E-state index in [-0.39, 0.29) is 47.8 Å². The molecule has 1 amide bonds. The number of piperazine rings is 1. The number of Topliss-reactive ketones (excluding diaryl/α,β-unsaturated/α-hetero) is 1. The second kappa shape index (κ2) is 8.21. The van der Waals surface area contributed by atoms with Crippen molar-refractivity contribution in [1.29, 1.82) is 0 Å². The van der Waals surface area contributed by atoms with Crippen LogP contribution in [0.4, 0.5) is 0 Å². The molecule has 1 heterocycles. The molecule has 148 valence electrons. The maximum atomic E-state index is 12.8. The van der Waals surface area contributed by atoms with Crippen LogP contribution in [0.2, 0.25) is 10.0 Å². The molecule has 0 radical (unpaired) electrons. The van der Waals surface area contributed by atoms with E-state index >= 15 is 0 Å². The molecule has 1 aliphatic rings. The van der Waals surface area contributed by atoms with Crippen LogP contribution in [0.1, 0.15) is 27.6 Å². The third-order valence-electron chi connectivity index (χ3n) is 4.61. The molecule has 0 aliphatic carbocycles. The maximum absolute atomic E-state index is 12.8. The van der Waals surface area contributed by atoms with E-state index in [0.29, 0.717) is 16.1 Å². The molecule has 0 N–H and O–H groups in total. The molecule has 28 heavy (non-hydrogen) atoms. The topological polar surface area (TPSA) is 74.8 Å². The molecule has 2 aromatic carbocycles. The summed E-state index contributed by atoms with van der Waals surface area (Å²) >= 11 is 12.1. The molecule has 1 saturated heterocycles. The van der Waals surface area contributed by atoms with Crippen LogP contribution in [0, 0.1) is 0 Å². The first-order chi connectivity index (χ1) is 13.2. The first kappa shape index (κ1) is 20.8. The predicted molar refractivity (Wildman–Crippen MR) is 108 cm³/mol. The van der Waals surface area contributed by atoms with Gasteiger partial charge in [0.25, 0.3) is 5.91 Å². The van der Waals surface area contributed by atoms with Crippen molar-refractivity contribution in [2.24, 2.45) is 0 Å². The van der Waals surface area contributed by atoms with Crippen LogP contribution in [0.15, 0.2) is 47.4 Å². The van der Waals surface area contributed by atoms with Gasteiger partial charge in [-0.2, -0.15) is 4.31 Å². The fourth-order valence-corrected chi connectivity index (χ4v) is 4.79. The average molecular weight is 441 g/mol. The highest BCUT2D eigenvalue weighted by molar-refractivity contribution is 7.89. The lowest BCUT2D eigenvalue weighted by Gasteiger charge is -2.34. The van der Waals surface area contributed by atoms with Gasteiger partial charge in [0.1, 0.15) is 0 Å². The minimum atomic E-state index is -3.70. The van der Waals surface area contributed by atoms with E-state index in [4.69, 9.17) is 23.2 Å². The molecule has 0 atom stereocenters. The van der Waals surface area contributed by atoms with Gasteiger partial charge in [0, 0.05) is 31.7 Å². The third kappa shape index (κ3) is 4.07. The number of carbonyl (C=O) groups excluding carboxylic acids is 2. The van der Waals surface area contributed by atoms with Crippen molar-refractivity contribution < 1.29 is 18.0 Å². The molecule has 0 aromatic heterocycles. The largest absolute Gasteiger partial charge is 0.336 e. The number of rotatable bonds is 4. The molecule has 0 spiro atoms. The Morgan fingerprint density at radius 1 is 0.929 bits per heavy atom. The van der Waals surface area contributed by atoms with E-state index < -0.39 is 10.0 Å². The van der Waals surface area contributed by atoms with E-state index in [1.807, 2.05) is 0 Å². The third-order valence-corrected chi connectivity index (χ3v) is 7.34. The zero-order valence-electron chi connectivity index (χ0n) is 15.1. The Labute approximate surface area is 173 Å². The van der Waals surface area contributed by atoms with Crippen LogP contribution in [0.5, 0.6) is 0 Å². The van der Waals surface area contributed by atoms with Gasteiger partial charge in [0.2, 0.25) is 10.0 Å². The Kier molecular flexibility index (Phi) is 6.09. The van der Waals surface area contributed by atoms with Crippen molar-refractivity contribution in [1.82, 2.24) is 9.21 Å². The lowest BCUT2D eigenvalue weighted by molar-refractivity contribution is 0.0698. The van der Waals surface area contributed by atoms with Crippen LogP contribution in [0.25, 0.3) is 0 Å². The van der Waals surface area contributed by atoms with E-state index in [1.54, 1.807) is 23.1 Å². The molecule has 6 nitrogen and oxygen atoms in total. The van der Waals surface area contributed by atoms with Gasteiger partial charge in [-0.15, -0.1) is 0 Å². The summed E-state index contributed by atoms with van der Waals surface area (Å²) in [4.78, 5) is 25.7. The highest BCUT2D eigenvalue weighted by Gasteiger charge is 2.31. The van der Waals surface area contributed by atoms with Crippen LogP contribution >= 0.6 is 23.2 Å². The minimum Gasteiger partial charge on any atom is -0.336 e. The highest BCUT2D eigenvalue weighted by Crippen LogP contribution is 2.27. The van der Waals surface area contributed by atoms with Crippen molar-refractivity contribution in [3.05, 3.63) is 63.6 Å². The summed E-state index contributed by atoms with van der Waals surface area (Å²) in [6.45, 7) is 2.24. The molecular weight excluding hydrogens is 423 g/mol. The minimum absolute atomic E-state index is 0.121. The zero-order chi connectivity index (χ0) is 20.5. The summed E-state index contributed by atoms with van der Waals surface area (Å²) in [6, 6.07) is 10.7. The maximum Gasteiger partial charge on any atom is 0.255 e. The molecule has 0 unspecified atom stereocenters. The van der Waals surface area contributed by atoms with Crippen LogP contribution in [-0.2, 0) is 10.0 Å². The molecule has 0 bridgehead atoms. The Morgan fingerprint density at radius 2 is 1.54 bits per heavy atom.